The molecule has 0 spiro atoms. The van der Waals surface area contributed by atoms with Crippen molar-refractivity contribution in [3.05, 3.63) is 152 Å². The summed E-state index contributed by atoms with van der Waals surface area (Å²) in [5, 5.41) is 28.0. The highest BCUT2D eigenvalue weighted by atomic mass is 32.1. The molecule has 226 valence electrons. The molecule has 0 amide bonds. The fraction of sp³-hybridized carbons (Fsp3) is 0. The molecule has 10 rings (SSSR count). The van der Waals surface area contributed by atoms with Crippen LogP contribution < -0.4 is 5.46 Å². The van der Waals surface area contributed by atoms with Crippen molar-refractivity contribution in [1.29, 1.82) is 0 Å². The number of benzene rings is 7. The minimum atomic E-state index is -1.59. The van der Waals surface area contributed by atoms with Gasteiger partial charge in [0.15, 0.2) is 0 Å². The van der Waals surface area contributed by atoms with Crippen LogP contribution in [0.25, 0.3) is 86.3 Å². The molecule has 0 saturated carbocycles. The van der Waals surface area contributed by atoms with Gasteiger partial charge in [0, 0.05) is 58.6 Å². The normalized spacial score (nSPS) is 12.0. The zero-order valence-corrected chi connectivity index (χ0v) is 26.5. The molecule has 0 bridgehead atoms. The molecule has 0 saturated heterocycles. The third-order valence-electron chi connectivity index (χ3n) is 9.72. The van der Waals surface area contributed by atoms with Crippen molar-refractivity contribution in [3.8, 4) is 22.5 Å². The first-order valence-electron chi connectivity index (χ1n) is 16.1. The number of nitrogens with zero attached hydrogens (tertiary/aromatic N) is 2. The summed E-state index contributed by atoms with van der Waals surface area (Å²) in [6.45, 7) is 0. The topological polar surface area (TPSA) is 50.3 Å². The summed E-state index contributed by atoms with van der Waals surface area (Å²) in [6, 6.07) is 53.5. The fourth-order valence-corrected chi connectivity index (χ4v) is 8.81. The zero-order chi connectivity index (χ0) is 31.9. The number of thiophene rings is 1. The average Bonchev–Trinajstić information content (AvgIpc) is 3.78. The van der Waals surface area contributed by atoms with E-state index in [4.69, 9.17) is 0 Å². The molecule has 0 radical (unpaired) electrons. The van der Waals surface area contributed by atoms with Gasteiger partial charge in [-0.2, -0.15) is 0 Å². The molecule has 0 fully saturated rings. The molecule has 48 heavy (non-hydrogen) atoms. The highest BCUT2D eigenvalue weighted by Gasteiger charge is 2.22. The number of para-hydroxylation sites is 3. The maximum atomic E-state index is 10.6. The van der Waals surface area contributed by atoms with E-state index >= 15 is 0 Å². The Morgan fingerprint density at radius 2 is 1.00 bits per heavy atom. The average molecular weight is 635 g/mol. The molecular formula is C42H27BN2O2S. The second kappa shape index (κ2) is 10.4. The van der Waals surface area contributed by atoms with E-state index in [0.717, 1.165) is 64.5 Å². The summed E-state index contributed by atoms with van der Waals surface area (Å²) in [5.41, 5.74) is 9.32. The van der Waals surface area contributed by atoms with Gasteiger partial charge in [-0.15, -0.1) is 11.3 Å². The summed E-state index contributed by atoms with van der Waals surface area (Å²) in [6.07, 6.45) is 0. The second-order valence-electron chi connectivity index (χ2n) is 12.4. The molecule has 0 atom stereocenters. The summed E-state index contributed by atoms with van der Waals surface area (Å²) in [7, 11) is -1.59. The van der Waals surface area contributed by atoms with Crippen LogP contribution in [-0.4, -0.2) is 26.3 Å². The predicted octanol–water partition coefficient (Wildman–Crippen LogP) is 9.60. The molecule has 3 aromatic heterocycles. The van der Waals surface area contributed by atoms with Crippen molar-refractivity contribution in [2.24, 2.45) is 0 Å². The molecule has 0 aliphatic carbocycles. The van der Waals surface area contributed by atoms with Gasteiger partial charge in [0.1, 0.15) is 0 Å². The first-order valence-corrected chi connectivity index (χ1v) is 16.9. The third kappa shape index (κ3) is 3.98. The Kier molecular flexibility index (Phi) is 5.96. The largest absolute Gasteiger partial charge is 0.489 e. The van der Waals surface area contributed by atoms with Gasteiger partial charge in [-0.1, -0.05) is 91.0 Å². The molecule has 0 unspecified atom stereocenters. The van der Waals surface area contributed by atoms with Crippen molar-refractivity contribution in [1.82, 2.24) is 9.13 Å². The van der Waals surface area contributed by atoms with E-state index in [2.05, 4.69) is 143 Å². The fourth-order valence-electron chi connectivity index (χ4n) is 7.59. The van der Waals surface area contributed by atoms with Crippen molar-refractivity contribution in [2.45, 2.75) is 0 Å². The SMILES string of the molecule is OB(O)c1cc(-n2c3ccccc3c3ccc(-c4ccc5c(c4)c4ccccc4n5-c4ccccc4)cc32)cc2c1sc1ccccc12. The lowest BCUT2D eigenvalue weighted by Crippen LogP contribution is -2.30. The number of fused-ring (bicyclic) bond motifs is 9. The molecule has 3 heterocycles. The highest BCUT2D eigenvalue weighted by molar-refractivity contribution is 7.27. The maximum absolute atomic E-state index is 10.6. The van der Waals surface area contributed by atoms with Crippen molar-refractivity contribution in [3.63, 3.8) is 0 Å². The summed E-state index contributed by atoms with van der Waals surface area (Å²) in [5.74, 6) is 0. The number of hydrogen-bond acceptors (Lipinski definition) is 3. The third-order valence-corrected chi connectivity index (χ3v) is 11.0. The van der Waals surface area contributed by atoms with Crippen LogP contribution in [0.1, 0.15) is 0 Å². The van der Waals surface area contributed by atoms with Crippen LogP contribution in [0.15, 0.2) is 152 Å². The van der Waals surface area contributed by atoms with Crippen LogP contribution >= 0.6 is 11.3 Å². The van der Waals surface area contributed by atoms with E-state index in [9.17, 15) is 10.0 Å². The number of aromatic nitrogens is 2. The standard InChI is InChI=1S/C42H27BN2O2S/c46-43(47)36-25-29(24-35-33-14-6-9-17-41(33)48-42(35)36)45-37-15-7-4-12-30(37)32-20-18-27(23-40(32)45)26-19-21-39-34(22-26)31-13-5-8-16-38(31)44(39)28-10-2-1-3-11-28/h1-25,46-47H. The van der Waals surface area contributed by atoms with Gasteiger partial charge in [0.05, 0.1) is 22.1 Å². The van der Waals surface area contributed by atoms with Crippen LogP contribution in [-0.2, 0) is 0 Å². The highest BCUT2D eigenvalue weighted by Crippen LogP contribution is 2.40. The van der Waals surface area contributed by atoms with Crippen LogP contribution in [0.4, 0.5) is 0 Å². The van der Waals surface area contributed by atoms with E-state index in [1.807, 2.05) is 18.2 Å². The lowest BCUT2D eigenvalue weighted by atomic mass is 9.79. The first kappa shape index (κ1) is 27.5. The minimum Gasteiger partial charge on any atom is -0.423 e. The molecule has 0 aliphatic heterocycles. The summed E-state index contributed by atoms with van der Waals surface area (Å²) >= 11 is 1.60. The monoisotopic (exact) mass is 634 g/mol. The van der Waals surface area contributed by atoms with E-state index in [0.29, 0.717) is 5.46 Å². The van der Waals surface area contributed by atoms with Crippen LogP contribution in [0.3, 0.4) is 0 Å². The Balaban J connectivity index is 1.23. The van der Waals surface area contributed by atoms with Crippen LogP contribution in [0.2, 0.25) is 0 Å². The van der Waals surface area contributed by atoms with Gasteiger partial charge in [-0.25, -0.2) is 0 Å². The lowest BCUT2D eigenvalue weighted by Gasteiger charge is -2.12. The van der Waals surface area contributed by atoms with Gasteiger partial charge in [-0.3, -0.25) is 0 Å². The molecular weight excluding hydrogens is 607 g/mol. The minimum absolute atomic E-state index is 0.519. The Morgan fingerprint density at radius 1 is 0.417 bits per heavy atom. The Labute approximate surface area is 280 Å². The molecule has 6 heteroatoms. The Hall–Kier alpha value is -5.66. The van der Waals surface area contributed by atoms with Crippen LogP contribution in [0.5, 0.6) is 0 Å². The second-order valence-corrected chi connectivity index (χ2v) is 13.4. The van der Waals surface area contributed by atoms with Crippen molar-refractivity contribution in [2.75, 3.05) is 0 Å². The Morgan fingerprint density at radius 3 is 1.77 bits per heavy atom. The molecule has 10 aromatic rings. The maximum Gasteiger partial charge on any atom is 0.489 e. The van der Waals surface area contributed by atoms with Crippen molar-refractivity contribution >= 4 is 87.7 Å². The first-order chi connectivity index (χ1) is 23.6. The Bertz CT molecular complexity index is 2880. The van der Waals surface area contributed by atoms with E-state index in [1.165, 1.54) is 21.8 Å². The molecule has 2 N–H and O–H groups in total. The molecule has 4 nitrogen and oxygen atoms in total. The predicted molar refractivity (Wildman–Crippen MR) is 203 cm³/mol. The number of rotatable bonds is 4. The van der Waals surface area contributed by atoms with Gasteiger partial charge in [0.2, 0.25) is 0 Å². The van der Waals surface area contributed by atoms with E-state index in [1.54, 1.807) is 11.3 Å². The van der Waals surface area contributed by atoms with Gasteiger partial charge >= 0.3 is 7.12 Å². The molecule has 7 aromatic carbocycles. The van der Waals surface area contributed by atoms with E-state index < -0.39 is 7.12 Å². The number of hydrogen-bond donors (Lipinski definition) is 2. The summed E-state index contributed by atoms with van der Waals surface area (Å²) < 4.78 is 6.64. The smallest absolute Gasteiger partial charge is 0.423 e. The summed E-state index contributed by atoms with van der Waals surface area (Å²) in [4.78, 5) is 0. The van der Waals surface area contributed by atoms with Crippen LogP contribution in [0, 0.1) is 0 Å². The quantitative estimate of drug-likeness (QED) is 0.190. The zero-order valence-electron chi connectivity index (χ0n) is 25.7. The lowest BCUT2D eigenvalue weighted by molar-refractivity contribution is 0.426. The molecule has 0 aliphatic rings. The van der Waals surface area contributed by atoms with Gasteiger partial charge < -0.3 is 19.2 Å². The van der Waals surface area contributed by atoms with Gasteiger partial charge in [-0.05, 0) is 71.8 Å². The van der Waals surface area contributed by atoms with E-state index in [-0.39, 0.29) is 0 Å². The van der Waals surface area contributed by atoms with Gasteiger partial charge in [0.25, 0.3) is 0 Å². The van der Waals surface area contributed by atoms with Crippen molar-refractivity contribution < 1.29 is 10.0 Å².